The molecule has 0 spiro atoms. The smallest absolute Gasteiger partial charge is 0.176 e. The van der Waals surface area contributed by atoms with Gasteiger partial charge in [-0.25, -0.2) is 0 Å². The Morgan fingerprint density at radius 2 is 1.03 bits per heavy atom. The molecule has 0 bridgehead atoms. The van der Waals surface area contributed by atoms with Gasteiger partial charge in [0.05, 0.1) is 12.4 Å². The summed E-state index contributed by atoms with van der Waals surface area (Å²) in [6, 6.07) is 16.1. The lowest BCUT2D eigenvalue weighted by Crippen LogP contribution is -2.01. The maximum Gasteiger partial charge on any atom is 0.176 e. The Morgan fingerprint density at radius 3 is 1.44 bits per heavy atom. The van der Waals surface area contributed by atoms with Crippen LogP contribution in [0.2, 0.25) is 0 Å². The van der Waals surface area contributed by atoms with E-state index in [1.807, 2.05) is 24.3 Å². The molecule has 1 aromatic heterocycles. The minimum absolute atomic E-state index is 0.208. The normalized spacial score (nSPS) is 11.4. The maximum atomic E-state index is 9.56. The quantitative estimate of drug-likeness (QED) is 0.155. The number of nitrogens with zero attached hydrogens (tertiary/aromatic N) is 4. The molecule has 0 radical (unpaired) electrons. The number of phenols is 4. The molecular formula is C22H18N6O4. The van der Waals surface area contributed by atoms with E-state index >= 15 is 0 Å². The Kier molecular flexibility index (Phi) is 5.66. The summed E-state index contributed by atoms with van der Waals surface area (Å²) in [6.45, 7) is 0. The van der Waals surface area contributed by atoms with E-state index in [4.69, 9.17) is 0 Å². The molecule has 0 aliphatic carbocycles. The predicted octanol–water partition coefficient (Wildman–Crippen LogP) is 3.34. The largest absolute Gasteiger partial charge is 0.504 e. The number of nitrogens with one attached hydrogen (secondary N) is 2. The lowest BCUT2D eigenvalue weighted by Gasteiger charge is -2.08. The van der Waals surface area contributed by atoms with E-state index in [-0.39, 0.29) is 23.0 Å². The highest BCUT2D eigenvalue weighted by Crippen LogP contribution is 2.27. The molecule has 4 aromatic rings. The van der Waals surface area contributed by atoms with Crippen LogP contribution in [0.4, 0.5) is 11.6 Å². The van der Waals surface area contributed by atoms with Crippen molar-refractivity contribution in [2.75, 3.05) is 10.9 Å². The van der Waals surface area contributed by atoms with Gasteiger partial charge in [0.1, 0.15) is 0 Å². The monoisotopic (exact) mass is 430 g/mol. The van der Waals surface area contributed by atoms with E-state index in [1.54, 1.807) is 12.1 Å². The van der Waals surface area contributed by atoms with Crippen molar-refractivity contribution in [3.63, 3.8) is 0 Å². The van der Waals surface area contributed by atoms with E-state index in [2.05, 4.69) is 31.3 Å². The van der Waals surface area contributed by atoms with Gasteiger partial charge in [-0.15, -0.1) is 10.2 Å². The number of fused-ring (bicyclic) bond motifs is 1. The summed E-state index contributed by atoms with van der Waals surface area (Å²) in [4.78, 5) is 0. The van der Waals surface area contributed by atoms with Crippen LogP contribution in [0.15, 0.2) is 70.9 Å². The topological polar surface area (TPSA) is 155 Å². The van der Waals surface area contributed by atoms with E-state index in [9.17, 15) is 20.4 Å². The van der Waals surface area contributed by atoms with Gasteiger partial charge in [-0.2, -0.15) is 10.2 Å². The maximum absolute atomic E-state index is 9.56. The van der Waals surface area contributed by atoms with E-state index < -0.39 is 0 Å². The van der Waals surface area contributed by atoms with Crippen LogP contribution in [-0.2, 0) is 0 Å². The molecule has 160 valence electrons. The summed E-state index contributed by atoms with van der Waals surface area (Å²) >= 11 is 0. The molecule has 10 nitrogen and oxygen atoms in total. The van der Waals surface area contributed by atoms with Crippen LogP contribution >= 0.6 is 0 Å². The number of aromatic nitrogens is 2. The molecule has 0 fully saturated rings. The van der Waals surface area contributed by atoms with Crippen molar-refractivity contribution in [3.05, 3.63) is 71.8 Å². The third-order valence-corrected chi connectivity index (χ3v) is 4.45. The standard InChI is InChI=1S/C22H18N6O4/c29-17-7-5-13(9-19(17)31)11-23-25-21-15-3-1-2-4-16(15)22(28-27-21)26-24-12-14-6-8-18(30)20(32)10-14/h1-12,29-32H,(H,25,27)(H,26,28)/b23-11+,24-12+. The first-order valence-corrected chi connectivity index (χ1v) is 9.39. The third-order valence-electron chi connectivity index (χ3n) is 4.45. The van der Waals surface area contributed by atoms with Gasteiger partial charge in [-0.3, -0.25) is 10.9 Å². The number of benzene rings is 3. The first-order valence-electron chi connectivity index (χ1n) is 9.39. The number of aromatic hydroxyl groups is 4. The van der Waals surface area contributed by atoms with Crippen molar-refractivity contribution < 1.29 is 20.4 Å². The van der Waals surface area contributed by atoms with Gasteiger partial charge in [0.15, 0.2) is 34.6 Å². The number of hydrogen-bond acceptors (Lipinski definition) is 10. The zero-order chi connectivity index (χ0) is 22.5. The average molecular weight is 430 g/mol. The molecule has 0 amide bonds. The number of anilines is 2. The molecule has 6 N–H and O–H groups in total. The lowest BCUT2D eigenvalue weighted by atomic mass is 10.2. The first-order chi connectivity index (χ1) is 15.5. The van der Waals surface area contributed by atoms with E-state index in [0.29, 0.717) is 22.8 Å². The summed E-state index contributed by atoms with van der Waals surface area (Å²) in [5.41, 5.74) is 6.81. The van der Waals surface area contributed by atoms with Crippen molar-refractivity contribution in [1.82, 2.24) is 10.2 Å². The Bertz CT molecular complexity index is 1240. The fraction of sp³-hybridized carbons (Fsp3) is 0. The fourth-order valence-electron chi connectivity index (χ4n) is 2.85. The molecular weight excluding hydrogens is 412 g/mol. The Balaban J connectivity index is 1.53. The van der Waals surface area contributed by atoms with Crippen LogP contribution in [0, 0.1) is 0 Å². The Labute approximate surface area is 181 Å². The summed E-state index contributed by atoms with van der Waals surface area (Å²) in [7, 11) is 0. The minimum atomic E-state index is -0.238. The molecule has 3 aromatic carbocycles. The molecule has 32 heavy (non-hydrogen) atoms. The van der Waals surface area contributed by atoms with Gasteiger partial charge >= 0.3 is 0 Å². The fourth-order valence-corrected chi connectivity index (χ4v) is 2.85. The second kappa shape index (κ2) is 8.88. The van der Waals surface area contributed by atoms with Crippen molar-refractivity contribution in [2.24, 2.45) is 10.2 Å². The summed E-state index contributed by atoms with van der Waals surface area (Å²) < 4.78 is 0. The van der Waals surface area contributed by atoms with Gasteiger partial charge in [0, 0.05) is 10.8 Å². The van der Waals surface area contributed by atoms with Crippen LogP contribution in [0.25, 0.3) is 10.8 Å². The zero-order valence-electron chi connectivity index (χ0n) is 16.5. The second-order valence-corrected chi connectivity index (χ2v) is 6.68. The van der Waals surface area contributed by atoms with Gasteiger partial charge < -0.3 is 20.4 Å². The molecule has 0 saturated carbocycles. The predicted molar refractivity (Wildman–Crippen MR) is 122 cm³/mol. The highest BCUT2D eigenvalue weighted by molar-refractivity contribution is 5.98. The van der Waals surface area contributed by atoms with Gasteiger partial charge in [-0.1, -0.05) is 24.3 Å². The lowest BCUT2D eigenvalue weighted by molar-refractivity contribution is 0.403. The molecule has 0 atom stereocenters. The van der Waals surface area contributed by atoms with Gasteiger partial charge in [-0.05, 0) is 47.5 Å². The number of rotatable bonds is 6. The highest BCUT2D eigenvalue weighted by Gasteiger charge is 2.08. The number of hydrogen-bond donors (Lipinski definition) is 6. The van der Waals surface area contributed by atoms with Crippen molar-refractivity contribution in [1.29, 1.82) is 0 Å². The third kappa shape index (κ3) is 4.49. The molecule has 0 unspecified atom stereocenters. The Morgan fingerprint density at radius 1 is 0.594 bits per heavy atom. The summed E-state index contributed by atoms with van der Waals surface area (Å²) in [6.07, 6.45) is 2.94. The van der Waals surface area contributed by atoms with Gasteiger partial charge in [0.2, 0.25) is 0 Å². The Hall–Kier alpha value is -4.86. The van der Waals surface area contributed by atoms with Crippen molar-refractivity contribution in [3.8, 4) is 23.0 Å². The molecule has 10 heteroatoms. The molecule has 0 aliphatic rings. The van der Waals surface area contributed by atoms with E-state index in [0.717, 1.165) is 10.8 Å². The zero-order valence-corrected chi connectivity index (χ0v) is 16.5. The van der Waals surface area contributed by atoms with Crippen LogP contribution in [0.3, 0.4) is 0 Å². The summed E-state index contributed by atoms with van der Waals surface area (Å²) in [5.74, 6) is -0.0640. The molecule has 0 saturated heterocycles. The van der Waals surface area contributed by atoms with Crippen molar-refractivity contribution in [2.45, 2.75) is 0 Å². The SMILES string of the molecule is Oc1ccc(/C=N/Nc2nnc(N/N=C/c3ccc(O)c(O)c3)c3ccccc23)cc1O. The second-order valence-electron chi connectivity index (χ2n) is 6.68. The van der Waals surface area contributed by atoms with Crippen molar-refractivity contribution >= 4 is 34.8 Å². The first kappa shape index (κ1) is 20.4. The molecule has 4 rings (SSSR count). The van der Waals surface area contributed by atoms with Crippen LogP contribution in [0.5, 0.6) is 23.0 Å². The highest BCUT2D eigenvalue weighted by atomic mass is 16.3. The molecule has 1 heterocycles. The average Bonchev–Trinajstić information content (AvgIpc) is 2.79. The van der Waals surface area contributed by atoms with Crippen LogP contribution in [0.1, 0.15) is 11.1 Å². The number of hydrazone groups is 2. The van der Waals surface area contributed by atoms with E-state index in [1.165, 1.54) is 36.7 Å². The molecule has 0 aliphatic heterocycles. The van der Waals surface area contributed by atoms with Gasteiger partial charge in [0.25, 0.3) is 0 Å². The van der Waals surface area contributed by atoms with Crippen LogP contribution < -0.4 is 10.9 Å². The summed E-state index contributed by atoms with van der Waals surface area (Å²) in [5, 5.41) is 55.9. The minimum Gasteiger partial charge on any atom is -0.504 e. The van der Waals surface area contributed by atoms with Crippen LogP contribution in [-0.4, -0.2) is 43.1 Å². The number of phenolic OH excluding ortho intramolecular Hbond substituents is 4.